The summed E-state index contributed by atoms with van der Waals surface area (Å²) in [4.78, 5) is 26.6. The Hall–Kier alpha value is -5.84. The molecule has 1 heterocycles. The summed E-state index contributed by atoms with van der Waals surface area (Å²) >= 11 is 0. The van der Waals surface area contributed by atoms with Crippen LogP contribution in [0.2, 0.25) is 0 Å². The van der Waals surface area contributed by atoms with Crippen molar-refractivity contribution in [3.05, 3.63) is 209 Å². The number of rotatable bonds is 9. The molecule has 0 aromatic heterocycles. The molecule has 6 aromatic rings. The zero-order chi connectivity index (χ0) is 33.1. The van der Waals surface area contributed by atoms with Crippen molar-refractivity contribution in [3.63, 3.8) is 0 Å². The third-order valence-corrected chi connectivity index (χ3v) is 14.9. The molecule has 7 rings (SSSR count). The van der Waals surface area contributed by atoms with Crippen LogP contribution in [0, 0.1) is 0 Å². The minimum absolute atomic E-state index is 0.0391. The predicted molar refractivity (Wildman–Crippen MR) is 198 cm³/mol. The van der Waals surface area contributed by atoms with Gasteiger partial charge in [0.25, 0.3) is 0 Å². The second-order valence-electron chi connectivity index (χ2n) is 12.1. The molecule has 1 atom stereocenters. The number of carbonyl (C=O) groups excluding carboxylic acids is 1. The first-order valence-corrected chi connectivity index (χ1v) is 18.2. The summed E-state index contributed by atoms with van der Waals surface area (Å²) < 4.78 is 0. The number of hydrogen-bond acceptors (Lipinski definition) is 2. The topological polar surface area (TPSA) is 54.4 Å². The molecule has 0 saturated heterocycles. The highest BCUT2D eigenvalue weighted by atomic mass is 28.3. The molecule has 0 radical (unpaired) electrons. The van der Waals surface area contributed by atoms with E-state index in [4.69, 9.17) is 0 Å². The SMILES string of the molecule is CC(=O)C(c1ccc(C(=O)O)cc1)[Si]1(c2ccccc2)C(c2ccccc2)=C(c2ccccc2)C(c2ccccc2)=C1c1ccccc1. The van der Waals surface area contributed by atoms with E-state index in [1.165, 1.54) is 10.4 Å². The van der Waals surface area contributed by atoms with Gasteiger partial charge in [0.2, 0.25) is 0 Å². The molecule has 0 bridgehead atoms. The second kappa shape index (κ2) is 13.1. The number of carbonyl (C=O) groups is 2. The average Bonchev–Trinajstić information content (AvgIpc) is 3.46. The molecule has 1 aliphatic heterocycles. The number of benzene rings is 6. The predicted octanol–water partition coefficient (Wildman–Crippen LogP) is 9.27. The van der Waals surface area contributed by atoms with Crippen LogP contribution in [-0.4, -0.2) is 24.9 Å². The first kappa shape index (κ1) is 30.8. The fraction of sp³-hybridized carbons (Fsp3) is 0.0455. The van der Waals surface area contributed by atoms with Crippen molar-refractivity contribution >= 4 is 46.6 Å². The Morgan fingerprint density at radius 2 is 0.833 bits per heavy atom. The average molecular weight is 639 g/mol. The Labute approximate surface area is 282 Å². The summed E-state index contributed by atoms with van der Waals surface area (Å²) in [6.07, 6.45) is 0. The van der Waals surface area contributed by atoms with Gasteiger partial charge in [-0.3, -0.25) is 4.79 Å². The van der Waals surface area contributed by atoms with Gasteiger partial charge in [-0.15, -0.1) is 0 Å². The lowest BCUT2D eigenvalue weighted by Gasteiger charge is -2.41. The van der Waals surface area contributed by atoms with E-state index in [0.717, 1.165) is 44.2 Å². The molecule has 0 amide bonds. The highest BCUT2D eigenvalue weighted by Crippen LogP contribution is 2.59. The highest BCUT2D eigenvalue weighted by molar-refractivity contribution is 7.24. The third-order valence-electron chi connectivity index (χ3n) is 9.35. The largest absolute Gasteiger partial charge is 0.478 e. The number of ketones is 1. The molecule has 232 valence electrons. The van der Waals surface area contributed by atoms with Crippen molar-refractivity contribution in [1.82, 2.24) is 0 Å². The summed E-state index contributed by atoms with van der Waals surface area (Å²) in [6.45, 7) is 1.70. The lowest BCUT2D eigenvalue weighted by Crippen LogP contribution is -2.57. The van der Waals surface area contributed by atoms with Gasteiger partial charge in [-0.2, -0.15) is 0 Å². The molecule has 0 spiro atoms. The molecule has 6 aromatic carbocycles. The molecule has 0 aliphatic carbocycles. The van der Waals surface area contributed by atoms with Crippen molar-refractivity contribution < 1.29 is 14.7 Å². The quantitative estimate of drug-likeness (QED) is 0.161. The van der Waals surface area contributed by atoms with E-state index in [0.29, 0.717) is 0 Å². The van der Waals surface area contributed by atoms with Gasteiger partial charge in [0, 0.05) is 5.54 Å². The van der Waals surface area contributed by atoms with Gasteiger partial charge in [-0.05, 0) is 73.6 Å². The van der Waals surface area contributed by atoms with E-state index < -0.39 is 19.6 Å². The fourth-order valence-electron chi connectivity index (χ4n) is 7.56. The van der Waals surface area contributed by atoms with Crippen LogP contribution in [0.1, 0.15) is 50.6 Å². The maximum absolute atomic E-state index is 14.6. The van der Waals surface area contributed by atoms with Crippen molar-refractivity contribution in [3.8, 4) is 0 Å². The van der Waals surface area contributed by atoms with Crippen LogP contribution in [0.4, 0.5) is 0 Å². The van der Waals surface area contributed by atoms with E-state index in [-0.39, 0.29) is 11.3 Å². The summed E-state index contributed by atoms with van der Waals surface area (Å²) in [6, 6.07) is 59.6. The number of aromatic carboxylic acids is 1. The molecule has 48 heavy (non-hydrogen) atoms. The van der Waals surface area contributed by atoms with Crippen molar-refractivity contribution in [2.45, 2.75) is 12.5 Å². The molecule has 3 nitrogen and oxygen atoms in total. The van der Waals surface area contributed by atoms with Gasteiger partial charge in [0.1, 0.15) is 5.78 Å². The fourth-order valence-corrected chi connectivity index (χ4v) is 13.9. The van der Waals surface area contributed by atoms with Crippen molar-refractivity contribution in [1.29, 1.82) is 0 Å². The molecule has 1 aliphatic rings. The highest BCUT2D eigenvalue weighted by Gasteiger charge is 2.58. The number of hydrogen-bond donors (Lipinski definition) is 1. The number of allylic oxidation sites excluding steroid dienone is 2. The Morgan fingerprint density at radius 1 is 0.479 bits per heavy atom. The van der Waals surface area contributed by atoms with Crippen LogP contribution in [0.3, 0.4) is 0 Å². The summed E-state index contributed by atoms with van der Waals surface area (Å²) in [7, 11) is -3.46. The summed E-state index contributed by atoms with van der Waals surface area (Å²) in [5.41, 5.74) is 6.97. The Bertz CT molecular complexity index is 2040. The minimum Gasteiger partial charge on any atom is -0.478 e. The number of Topliss-reactive ketones (excluding diaryl/α,β-unsaturated/α-hetero) is 1. The molecule has 0 saturated carbocycles. The Balaban J connectivity index is 1.76. The van der Waals surface area contributed by atoms with Gasteiger partial charge in [0.15, 0.2) is 8.07 Å². The molecular weight excluding hydrogens is 605 g/mol. The monoisotopic (exact) mass is 638 g/mol. The zero-order valence-electron chi connectivity index (χ0n) is 26.6. The zero-order valence-corrected chi connectivity index (χ0v) is 27.6. The molecule has 1 N–H and O–H groups in total. The summed E-state index contributed by atoms with van der Waals surface area (Å²) in [5, 5.41) is 13.2. The first-order chi connectivity index (χ1) is 23.5. The molecular formula is C44H34O3Si. The smallest absolute Gasteiger partial charge is 0.335 e. The van der Waals surface area contributed by atoms with Gasteiger partial charge in [0.05, 0.1) is 5.56 Å². The van der Waals surface area contributed by atoms with Crippen LogP contribution in [-0.2, 0) is 4.79 Å². The van der Waals surface area contributed by atoms with Crippen LogP contribution in [0.25, 0.3) is 21.5 Å². The lowest BCUT2D eigenvalue weighted by atomic mass is 9.89. The van der Waals surface area contributed by atoms with Gasteiger partial charge in [-0.1, -0.05) is 164 Å². The van der Waals surface area contributed by atoms with E-state index in [1.54, 1.807) is 19.1 Å². The lowest BCUT2D eigenvalue weighted by molar-refractivity contribution is -0.116. The van der Waals surface area contributed by atoms with Crippen LogP contribution in [0.5, 0.6) is 0 Å². The molecule has 4 heteroatoms. The van der Waals surface area contributed by atoms with Crippen molar-refractivity contribution in [2.24, 2.45) is 0 Å². The maximum atomic E-state index is 14.6. The normalized spacial score (nSPS) is 14.5. The van der Waals surface area contributed by atoms with Crippen LogP contribution < -0.4 is 5.19 Å². The first-order valence-electron chi connectivity index (χ1n) is 16.1. The minimum atomic E-state index is -3.46. The molecule has 0 fully saturated rings. The van der Waals surface area contributed by atoms with Crippen LogP contribution >= 0.6 is 0 Å². The standard InChI is InChI=1S/C44H34O3Si/c1-31(45)41(36-27-29-37(30-28-36)44(46)47)48(38-25-15-6-16-26-38)42(34-21-11-4-12-22-34)39(32-17-7-2-8-18-32)40(33-19-9-3-10-20-33)43(48)35-23-13-5-14-24-35/h2-30,41H,1H3,(H,46,47). The Kier molecular flexibility index (Phi) is 8.41. The maximum Gasteiger partial charge on any atom is 0.335 e. The van der Waals surface area contributed by atoms with E-state index >= 15 is 0 Å². The van der Waals surface area contributed by atoms with Gasteiger partial charge < -0.3 is 5.11 Å². The Morgan fingerprint density at radius 3 is 1.19 bits per heavy atom. The molecule has 1 unspecified atom stereocenters. The van der Waals surface area contributed by atoms with Crippen molar-refractivity contribution in [2.75, 3.05) is 0 Å². The summed E-state index contributed by atoms with van der Waals surface area (Å²) in [5.74, 6) is -0.957. The van der Waals surface area contributed by atoms with Crippen LogP contribution in [0.15, 0.2) is 176 Å². The van der Waals surface area contributed by atoms with E-state index in [1.807, 2.05) is 42.5 Å². The second-order valence-corrected chi connectivity index (χ2v) is 15.9. The van der Waals surface area contributed by atoms with E-state index in [2.05, 4.69) is 121 Å². The van der Waals surface area contributed by atoms with Gasteiger partial charge in [-0.25, -0.2) is 4.79 Å². The van der Waals surface area contributed by atoms with Gasteiger partial charge >= 0.3 is 5.97 Å². The van der Waals surface area contributed by atoms with E-state index in [9.17, 15) is 14.7 Å². The number of carboxylic acid groups (broad SMARTS) is 1. The number of carboxylic acids is 1. The third kappa shape index (κ3) is 5.26.